The number of aromatic nitrogens is 2. The Balaban J connectivity index is 1.72. The van der Waals surface area contributed by atoms with Crippen LogP contribution in [-0.2, 0) is 6.54 Å². The van der Waals surface area contributed by atoms with Gasteiger partial charge in [0.05, 0.1) is 7.11 Å². The molecule has 0 saturated carbocycles. The van der Waals surface area contributed by atoms with Gasteiger partial charge in [-0.1, -0.05) is 12.1 Å². The minimum atomic E-state index is 0.252. The number of rotatable bonds is 5. The third-order valence-corrected chi connectivity index (χ3v) is 3.73. The normalized spacial score (nSPS) is 12.5. The molecule has 1 atom stereocenters. The molecule has 0 spiro atoms. The number of nitrogens with one attached hydrogen (secondary N) is 2. The predicted octanol–water partition coefficient (Wildman–Crippen LogP) is 3.42. The van der Waals surface area contributed by atoms with Crippen LogP contribution in [-0.4, -0.2) is 17.1 Å². The van der Waals surface area contributed by atoms with Crippen LogP contribution >= 0.6 is 0 Å². The molecule has 1 aromatic carbocycles. The van der Waals surface area contributed by atoms with Crippen molar-refractivity contribution in [3.63, 3.8) is 0 Å². The first-order valence-corrected chi connectivity index (χ1v) is 7.06. The third-order valence-electron chi connectivity index (χ3n) is 3.73. The van der Waals surface area contributed by atoms with E-state index in [0.29, 0.717) is 0 Å². The lowest BCUT2D eigenvalue weighted by Crippen LogP contribution is -2.17. The molecule has 2 aromatic heterocycles. The van der Waals surface area contributed by atoms with E-state index in [-0.39, 0.29) is 6.04 Å². The van der Waals surface area contributed by atoms with Crippen LogP contribution in [0.4, 0.5) is 0 Å². The maximum Gasteiger partial charge on any atom is 0.137 e. The van der Waals surface area contributed by atoms with Gasteiger partial charge in [-0.15, -0.1) is 0 Å². The molecule has 0 saturated heterocycles. The van der Waals surface area contributed by atoms with Crippen LogP contribution in [0.3, 0.4) is 0 Å². The maximum atomic E-state index is 5.27. The standard InChI is InChI=1S/C17H19N3O/c1-12(13-5-3-6-15(9-13)21-2)19-10-14-11-20-17-16(14)7-4-8-18-17/h3-9,11-12,19H,10H2,1-2H3,(H,18,20)/t12-/m1/s1. The van der Waals surface area contributed by atoms with E-state index >= 15 is 0 Å². The van der Waals surface area contributed by atoms with E-state index in [2.05, 4.69) is 40.4 Å². The second kappa shape index (κ2) is 5.97. The molecule has 3 rings (SSSR count). The molecule has 4 nitrogen and oxygen atoms in total. The molecule has 4 heteroatoms. The highest BCUT2D eigenvalue weighted by Gasteiger charge is 2.08. The zero-order valence-corrected chi connectivity index (χ0v) is 12.3. The van der Waals surface area contributed by atoms with Gasteiger partial charge < -0.3 is 15.0 Å². The van der Waals surface area contributed by atoms with Gasteiger partial charge in [-0.25, -0.2) is 4.98 Å². The fourth-order valence-corrected chi connectivity index (χ4v) is 2.45. The molecule has 0 aliphatic rings. The summed E-state index contributed by atoms with van der Waals surface area (Å²) in [6, 6.07) is 12.5. The molecule has 21 heavy (non-hydrogen) atoms. The van der Waals surface area contributed by atoms with E-state index in [0.717, 1.165) is 17.9 Å². The monoisotopic (exact) mass is 281 g/mol. The Morgan fingerprint density at radius 3 is 3.05 bits per heavy atom. The van der Waals surface area contributed by atoms with E-state index in [1.54, 1.807) is 13.3 Å². The second-order valence-electron chi connectivity index (χ2n) is 5.09. The number of nitrogens with zero attached hydrogens (tertiary/aromatic N) is 1. The van der Waals surface area contributed by atoms with Crippen molar-refractivity contribution in [3.05, 3.63) is 59.9 Å². The summed E-state index contributed by atoms with van der Waals surface area (Å²) >= 11 is 0. The van der Waals surface area contributed by atoms with Crippen LogP contribution < -0.4 is 10.1 Å². The number of pyridine rings is 1. The first-order chi connectivity index (χ1) is 10.3. The Morgan fingerprint density at radius 2 is 2.19 bits per heavy atom. The fraction of sp³-hybridized carbons (Fsp3) is 0.235. The Bertz CT molecular complexity index is 735. The van der Waals surface area contributed by atoms with Gasteiger partial charge in [0, 0.05) is 30.4 Å². The van der Waals surface area contributed by atoms with Gasteiger partial charge in [-0.05, 0) is 42.3 Å². The molecule has 0 unspecified atom stereocenters. The van der Waals surface area contributed by atoms with Gasteiger partial charge in [0.2, 0.25) is 0 Å². The lowest BCUT2D eigenvalue weighted by Gasteiger charge is -2.14. The number of hydrogen-bond acceptors (Lipinski definition) is 3. The van der Waals surface area contributed by atoms with E-state index < -0.39 is 0 Å². The van der Waals surface area contributed by atoms with Gasteiger partial charge in [-0.2, -0.15) is 0 Å². The van der Waals surface area contributed by atoms with E-state index in [1.807, 2.05) is 24.4 Å². The van der Waals surface area contributed by atoms with Crippen molar-refractivity contribution >= 4 is 11.0 Å². The molecule has 0 fully saturated rings. The van der Waals surface area contributed by atoms with Crippen molar-refractivity contribution < 1.29 is 4.74 Å². The van der Waals surface area contributed by atoms with Gasteiger partial charge >= 0.3 is 0 Å². The van der Waals surface area contributed by atoms with Crippen molar-refractivity contribution in [1.29, 1.82) is 0 Å². The van der Waals surface area contributed by atoms with Gasteiger partial charge in [0.15, 0.2) is 0 Å². The van der Waals surface area contributed by atoms with Gasteiger partial charge in [-0.3, -0.25) is 0 Å². The third kappa shape index (κ3) is 2.90. The predicted molar refractivity (Wildman–Crippen MR) is 84.3 cm³/mol. The zero-order valence-electron chi connectivity index (χ0n) is 12.3. The van der Waals surface area contributed by atoms with E-state index in [4.69, 9.17) is 4.74 Å². The second-order valence-corrected chi connectivity index (χ2v) is 5.09. The molecule has 108 valence electrons. The lowest BCUT2D eigenvalue weighted by molar-refractivity contribution is 0.413. The minimum Gasteiger partial charge on any atom is -0.497 e. The fourth-order valence-electron chi connectivity index (χ4n) is 2.45. The molecule has 0 aliphatic carbocycles. The highest BCUT2D eigenvalue weighted by molar-refractivity contribution is 5.79. The summed E-state index contributed by atoms with van der Waals surface area (Å²) in [6.45, 7) is 2.95. The molecule has 0 amide bonds. The number of hydrogen-bond donors (Lipinski definition) is 2. The maximum absolute atomic E-state index is 5.27. The first kappa shape index (κ1) is 13.6. The lowest BCUT2D eigenvalue weighted by atomic mass is 10.1. The summed E-state index contributed by atoms with van der Waals surface area (Å²) in [5, 5.41) is 4.71. The Labute approximate surface area is 124 Å². The Hall–Kier alpha value is -2.33. The quantitative estimate of drug-likeness (QED) is 0.753. The van der Waals surface area contributed by atoms with Crippen molar-refractivity contribution in [3.8, 4) is 5.75 Å². The molecular weight excluding hydrogens is 262 g/mol. The van der Waals surface area contributed by atoms with Crippen molar-refractivity contribution in [2.24, 2.45) is 0 Å². The largest absolute Gasteiger partial charge is 0.497 e. The average Bonchev–Trinajstić information content (AvgIpc) is 2.96. The number of H-pyrrole nitrogens is 1. The van der Waals surface area contributed by atoms with Gasteiger partial charge in [0.1, 0.15) is 11.4 Å². The SMILES string of the molecule is COc1cccc([C@@H](C)NCc2c[nH]c3ncccc23)c1. The summed E-state index contributed by atoms with van der Waals surface area (Å²) < 4.78 is 5.27. The number of methoxy groups -OCH3 is 1. The summed E-state index contributed by atoms with van der Waals surface area (Å²) in [4.78, 5) is 7.51. The van der Waals surface area contributed by atoms with Gasteiger partial charge in [0.25, 0.3) is 0 Å². The topological polar surface area (TPSA) is 49.9 Å². The highest BCUT2D eigenvalue weighted by Crippen LogP contribution is 2.20. The van der Waals surface area contributed by atoms with Crippen LogP contribution in [0.2, 0.25) is 0 Å². The number of fused-ring (bicyclic) bond motifs is 1. The van der Waals surface area contributed by atoms with Crippen molar-refractivity contribution in [2.75, 3.05) is 7.11 Å². The Kier molecular flexibility index (Phi) is 3.88. The summed E-state index contributed by atoms with van der Waals surface area (Å²) in [6.07, 6.45) is 3.82. The molecule has 3 aromatic rings. The molecule has 0 radical (unpaired) electrons. The first-order valence-electron chi connectivity index (χ1n) is 7.06. The number of ether oxygens (including phenoxy) is 1. The number of benzene rings is 1. The van der Waals surface area contributed by atoms with Crippen molar-refractivity contribution in [1.82, 2.24) is 15.3 Å². The smallest absolute Gasteiger partial charge is 0.137 e. The Morgan fingerprint density at radius 1 is 1.29 bits per heavy atom. The van der Waals surface area contributed by atoms with Crippen LogP contribution in [0.1, 0.15) is 24.1 Å². The van der Waals surface area contributed by atoms with E-state index in [1.165, 1.54) is 16.5 Å². The summed E-state index contributed by atoms with van der Waals surface area (Å²) in [5.74, 6) is 0.887. The molecule has 0 aliphatic heterocycles. The van der Waals surface area contributed by atoms with Crippen molar-refractivity contribution in [2.45, 2.75) is 19.5 Å². The van der Waals surface area contributed by atoms with Crippen LogP contribution in [0.5, 0.6) is 5.75 Å². The summed E-state index contributed by atoms with van der Waals surface area (Å²) in [7, 11) is 1.69. The molecular formula is C17H19N3O. The summed E-state index contributed by atoms with van der Waals surface area (Å²) in [5.41, 5.74) is 3.38. The van der Waals surface area contributed by atoms with Crippen LogP contribution in [0.25, 0.3) is 11.0 Å². The van der Waals surface area contributed by atoms with E-state index in [9.17, 15) is 0 Å². The minimum absolute atomic E-state index is 0.252. The highest BCUT2D eigenvalue weighted by atomic mass is 16.5. The number of aromatic amines is 1. The van der Waals surface area contributed by atoms with Crippen LogP contribution in [0, 0.1) is 0 Å². The average molecular weight is 281 g/mol. The van der Waals surface area contributed by atoms with Crippen LogP contribution in [0.15, 0.2) is 48.8 Å². The molecule has 2 N–H and O–H groups in total. The molecule has 0 bridgehead atoms. The zero-order chi connectivity index (χ0) is 14.7. The molecule has 2 heterocycles.